The smallest absolute Gasteiger partial charge is 0.408 e. The van der Waals surface area contributed by atoms with E-state index in [1.165, 1.54) is 166 Å². The lowest BCUT2D eigenvalue weighted by Crippen LogP contribution is -2.65. The van der Waals surface area contributed by atoms with Gasteiger partial charge in [0, 0.05) is 0 Å². The summed E-state index contributed by atoms with van der Waals surface area (Å²) in [6.07, 6.45) is -0.856. The standard InChI is InChI=1S/C68H112N16O19/c1-34(43(85)78-62(14,15)52(94)71-36(3)45(87)80-64(18,19)54(96)73-38(5)47(89)82-66(22,23)56(98)75-40(7)49(91)84-68(26,27)58(100)102-33-42-31-29-28-30-32-42)69-51(93)61(12,13)77-44(86)35(2)70-53(95)63(16,17)79-46(88)37(4)72-55(97)65(20,21)81-48(90)39(6)74-57(99)67(24,25)83-50(92)41(8)76-59(101)103-60(9,10)11/h28-32,34-41H,33H2,1-27H3,(H,69,93)(H,70,95)(H,71,94)(H,72,97)(H,73,96)(H,74,99)(H,75,98)(H,76,101)(H,77,86)(H,78,85)(H,79,88)(H,80,87)(H,81,90)(H,82,89)(H,83,92)(H,84,91)/t34-,35-,36-,37-,38-,39-,40-,41-/m0/s1. The summed E-state index contributed by atoms with van der Waals surface area (Å²) in [5.41, 5.74) is -13.4. The summed E-state index contributed by atoms with van der Waals surface area (Å²) in [7, 11) is 0. The molecule has 0 saturated heterocycles. The fraction of sp³-hybridized carbons (Fsp3) is 0.662. The van der Waals surface area contributed by atoms with Gasteiger partial charge in [0.2, 0.25) is 88.6 Å². The van der Waals surface area contributed by atoms with Crippen molar-refractivity contribution in [2.45, 2.75) is 292 Å². The number of hydrogen-bond acceptors (Lipinski definition) is 19. The van der Waals surface area contributed by atoms with Crippen molar-refractivity contribution < 1.29 is 91.0 Å². The summed E-state index contributed by atoms with van der Waals surface area (Å²) in [6, 6.07) is -1.26. The van der Waals surface area contributed by atoms with E-state index in [0.717, 1.165) is 5.56 Å². The molecule has 16 N–H and O–H groups in total. The van der Waals surface area contributed by atoms with Crippen molar-refractivity contribution >= 4 is 101 Å². The van der Waals surface area contributed by atoms with E-state index in [-0.39, 0.29) is 6.61 Å². The molecule has 0 bridgehead atoms. The van der Waals surface area contributed by atoms with Crippen molar-refractivity contribution in [2.24, 2.45) is 0 Å². The third-order valence-electron chi connectivity index (χ3n) is 15.5. The van der Waals surface area contributed by atoms with Gasteiger partial charge in [0.05, 0.1) is 0 Å². The third-order valence-corrected chi connectivity index (χ3v) is 15.5. The summed E-state index contributed by atoms with van der Waals surface area (Å²) in [4.78, 5) is 225. The van der Waals surface area contributed by atoms with Gasteiger partial charge in [0.1, 0.15) is 105 Å². The van der Waals surface area contributed by atoms with Crippen LogP contribution in [0.2, 0.25) is 0 Å². The van der Waals surface area contributed by atoms with Crippen molar-refractivity contribution in [3.8, 4) is 0 Å². The number of rotatable bonds is 34. The van der Waals surface area contributed by atoms with Crippen LogP contribution in [0.15, 0.2) is 30.3 Å². The van der Waals surface area contributed by atoms with E-state index < -0.39 is 199 Å². The van der Waals surface area contributed by atoms with E-state index >= 15 is 0 Å². The molecule has 103 heavy (non-hydrogen) atoms. The fourth-order valence-electron chi connectivity index (χ4n) is 8.33. The van der Waals surface area contributed by atoms with Gasteiger partial charge in [-0.2, -0.15) is 0 Å². The number of esters is 1. The van der Waals surface area contributed by atoms with Crippen LogP contribution in [0.4, 0.5) is 4.79 Å². The van der Waals surface area contributed by atoms with Gasteiger partial charge in [-0.05, 0) is 193 Å². The van der Waals surface area contributed by atoms with Gasteiger partial charge in [0.25, 0.3) is 0 Å². The van der Waals surface area contributed by atoms with Crippen LogP contribution in [0.25, 0.3) is 0 Å². The molecule has 0 aromatic heterocycles. The van der Waals surface area contributed by atoms with Crippen LogP contribution in [0.5, 0.6) is 0 Å². The normalized spacial score (nSPS) is 14.6. The van der Waals surface area contributed by atoms with Gasteiger partial charge in [-0.25, -0.2) is 9.59 Å². The first-order chi connectivity index (χ1) is 46.4. The maximum absolute atomic E-state index is 13.5. The average molecular weight is 1460 g/mol. The van der Waals surface area contributed by atoms with Crippen molar-refractivity contribution in [1.29, 1.82) is 0 Å². The highest BCUT2D eigenvalue weighted by Crippen LogP contribution is 2.15. The van der Waals surface area contributed by atoms with Gasteiger partial charge < -0.3 is 94.5 Å². The zero-order valence-corrected chi connectivity index (χ0v) is 64.5. The van der Waals surface area contributed by atoms with E-state index in [1.807, 2.05) is 0 Å². The van der Waals surface area contributed by atoms with Crippen LogP contribution in [0.1, 0.15) is 193 Å². The first-order valence-corrected chi connectivity index (χ1v) is 33.4. The minimum absolute atomic E-state index is 0.0294. The summed E-state index contributed by atoms with van der Waals surface area (Å²) in [5, 5.41) is 39.6. The van der Waals surface area contributed by atoms with E-state index in [0.29, 0.717) is 0 Å². The molecule has 1 aromatic rings. The Morgan fingerprint density at radius 3 is 0.631 bits per heavy atom. The van der Waals surface area contributed by atoms with E-state index in [1.54, 1.807) is 51.1 Å². The highest BCUT2D eigenvalue weighted by Gasteiger charge is 2.43. The fourth-order valence-corrected chi connectivity index (χ4v) is 8.33. The molecule has 0 heterocycles. The van der Waals surface area contributed by atoms with Crippen molar-refractivity contribution in [3.63, 3.8) is 0 Å². The summed E-state index contributed by atoms with van der Waals surface area (Å²) >= 11 is 0. The molecule has 578 valence electrons. The maximum atomic E-state index is 13.5. The first kappa shape index (κ1) is 91.0. The predicted octanol–water partition coefficient (Wildman–Crippen LogP) is -1.67. The van der Waals surface area contributed by atoms with Crippen LogP contribution < -0.4 is 85.1 Å². The molecule has 35 heteroatoms. The molecule has 0 aliphatic carbocycles. The Balaban J connectivity index is 2.79. The molecule has 0 fully saturated rings. The second-order valence-electron chi connectivity index (χ2n) is 30.7. The number of hydrogen-bond donors (Lipinski definition) is 16. The number of carbonyl (C=O) groups excluding carboxylic acids is 17. The minimum Gasteiger partial charge on any atom is -0.459 e. The Kier molecular flexibility index (Phi) is 31.6. The first-order valence-electron chi connectivity index (χ1n) is 33.4. The SMILES string of the molecule is C[C@H](NC(=O)OC(C)(C)C)C(=O)NC(C)(C)C(=O)N[C@@H](C)C(=O)NC(C)(C)C(=O)N[C@@H](C)C(=O)NC(C)(C)C(=O)N[C@@H](C)C(=O)NC(C)(C)C(=O)N[C@@H](C)C(=O)NC(C)(C)C(=O)N[C@@H](C)C(=O)NC(C)(C)C(=O)N[C@@H](C)C(=O)NC(C)(C)C(=O)N[C@@H](C)C(=O)NC(C)(C)C(=O)OCc1ccccc1. The highest BCUT2D eigenvalue weighted by atomic mass is 16.6. The second kappa shape index (κ2) is 35.7. The predicted molar refractivity (Wildman–Crippen MR) is 376 cm³/mol. The molecule has 8 atom stereocenters. The van der Waals surface area contributed by atoms with Crippen molar-refractivity contribution in [2.75, 3.05) is 0 Å². The Morgan fingerprint density at radius 1 is 0.272 bits per heavy atom. The van der Waals surface area contributed by atoms with E-state index in [4.69, 9.17) is 9.47 Å². The van der Waals surface area contributed by atoms with Gasteiger partial charge >= 0.3 is 12.1 Å². The number of benzene rings is 1. The second-order valence-corrected chi connectivity index (χ2v) is 30.7. The number of ether oxygens (including phenoxy) is 2. The molecule has 35 nitrogen and oxygen atoms in total. The molecular formula is C68H112N16O19. The topological polar surface area (TPSA) is 501 Å². The monoisotopic (exact) mass is 1460 g/mol. The van der Waals surface area contributed by atoms with E-state index in [2.05, 4.69) is 85.1 Å². The molecular weight excluding hydrogens is 1340 g/mol. The van der Waals surface area contributed by atoms with Gasteiger partial charge in [-0.15, -0.1) is 0 Å². The molecule has 0 saturated carbocycles. The third kappa shape index (κ3) is 29.1. The molecule has 16 amide bonds. The van der Waals surface area contributed by atoms with Crippen molar-refractivity contribution in [1.82, 2.24) is 85.1 Å². The minimum atomic E-state index is -1.74. The number of amides is 16. The van der Waals surface area contributed by atoms with Crippen LogP contribution in [-0.2, 0) is 92.8 Å². The van der Waals surface area contributed by atoms with Gasteiger partial charge in [0.15, 0.2) is 0 Å². The Bertz CT molecular complexity index is 3370. The van der Waals surface area contributed by atoms with Crippen LogP contribution in [-0.4, -0.2) is 199 Å². The average Bonchev–Trinajstić information content (AvgIpc) is 0.840. The summed E-state index contributed by atoms with van der Waals surface area (Å²) in [5.74, 6) is -13.2. The lowest BCUT2D eigenvalue weighted by Gasteiger charge is -2.32. The molecule has 0 unspecified atom stereocenters. The van der Waals surface area contributed by atoms with Gasteiger partial charge in [-0.3, -0.25) is 71.9 Å². The molecule has 1 rings (SSSR count). The number of alkyl carbamates (subject to hydrolysis) is 1. The lowest BCUT2D eigenvalue weighted by atomic mass is 10.0. The highest BCUT2D eigenvalue weighted by molar-refractivity contribution is 6.03. The van der Waals surface area contributed by atoms with Crippen LogP contribution >= 0.6 is 0 Å². The van der Waals surface area contributed by atoms with Crippen LogP contribution in [0.3, 0.4) is 0 Å². The number of carbonyl (C=O) groups is 17. The Hall–Kier alpha value is -9.99. The molecule has 1 aromatic carbocycles. The van der Waals surface area contributed by atoms with Gasteiger partial charge in [-0.1, -0.05) is 30.3 Å². The molecule has 0 aliphatic heterocycles. The van der Waals surface area contributed by atoms with Crippen molar-refractivity contribution in [3.05, 3.63) is 35.9 Å². The zero-order valence-electron chi connectivity index (χ0n) is 64.5. The zero-order chi connectivity index (χ0) is 80.5. The Morgan fingerprint density at radius 2 is 0.447 bits per heavy atom. The Labute approximate surface area is 602 Å². The largest absolute Gasteiger partial charge is 0.459 e. The lowest BCUT2D eigenvalue weighted by molar-refractivity contribution is -0.153. The maximum Gasteiger partial charge on any atom is 0.408 e. The summed E-state index contributed by atoms with van der Waals surface area (Å²) in [6.45, 7) is 36.9. The summed E-state index contributed by atoms with van der Waals surface area (Å²) < 4.78 is 10.5. The molecule has 0 aliphatic rings. The quantitative estimate of drug-likeness (QED) is 0.0343. The number of nitrogens with one attached hydrogen (secondary N) is 16. The molecule has 0 radical (unpaired) electrons. The molecule has 0 spiro atoms. The van der Waals surface area contributed by atoms with Crippen LogP contribution in [0, 0.1) is 0 Å². The van der Waals surface area contributed by atoms with E-state index in [9.17, 15) is 81.5 Å².